The summed E-state index contributed by atoms with van der Waals surface area (Å²) in [6, 6.07) is 11.5. The second kappa shape index (κ2) is 6.13. The van der Waals surface area contributed by atoms with Gasteiger partial charge in [0.15, 0.2) is 0 Å². The van der Waals surface area contributed by atoms with Crippen LogP contribution in [0.5, 0.6) is 0 Å². The third-order valence-electron chi connectivity index (χ3n) is 4.51. The molecular formula is C17H22N2W. The predicted molar refractivity (Wildman–Crippen MR) is 78.3 cm³/mol. The van der Waals surface area contributed by atoms with Gasteiger partial charge in [0.05, 0.1) is 0 Å². The van der Waals surface area contributed by atoms with Crippen molar-refractivity contribution < 1.29 is 21.1 Å². The zero-order valence-corrected chi connectivity index (χ0v) is 15.0. The molecule has 0 amide bonds. The molecule has 106 valence electrons. The van der Waals surface area contributed by atoms with E-state index in [1.165, 1.54) is 11.1 Å². The molecule has 1 aliphatic carbocycles. The molecular weight excluding hydrogens is 416 g/mol. The quantitative estimate of drug-likeness (QED) is 0.663. The summed E-state index contributed by atoms with van der Waals surface area (Å²) in [7, 11) is 0. The molecule has 1 aliphatic heterocycles. The van der Waals surface area contributed by atoms with E-state index in [-0.39, 0.29) is 32.1 Å². The van der Waals surface area contributed by atoms with Crippen LogP contribution in [0.1, 0.15) is 44.6 Å². The third-order valence-corrected chi connectivity index (χ3v) is 4.51. The Balaban J connectivity index is 0.00000147. The monoisotopic (exact) mass is 438 g/mol. The summed E-state index contributed by atoms with van der Waals surface area (Å²) in [4.78, 5) is 0. The van der Waals surface area contributed by atoms with Crippen LogP contribution in [0.15, 0.2) is 24.3 Å². The molecule has 1 spiro atoms. The first-order valence-electron chi connectivity index (χ1n) is 7.24. The maximum Gasteiger partial charge on any atom is 2.00 e. The zero-order valence-electron chi connectivity index (χ0n) is 12.0. The molecule has 3 rings (SSSR count). The Bertz CT molecular complexity index is 469. The van der Waals surface area contributed by atoms with E-state index in [4.69, 9.17) is 5.73 Å². The summed E-state index contributed by atoms with van der Waals surface area (Å²) in [6.45, 7) is 3.20. The Kier molecular flexibility index (Phi) is 4.89. The van der Waals surface area contributed by atoms with Crippen LogP contribution < -0.4 is 11.1 Å². The molecule has 0 atom stereocenters. The fraction of sp³-hybridized carbons (Fsp3) is 0.529. The van der Waals surface area contributed by atoms with E-state index in [0.717, 1.165) is 38.6 Å². The number of nitrogens with two attached hydrogens (primary N) is 1. The Morgan fingerprint density at radius 3 is 2.60 bits per heavy atom. The molecule has 0 radical (unpaired) electrons. The van der Waals surface area contributed by atoms with Gasteiger partial charge in [-0.1, -0.05) is 6.42 Å². The van der Waals surface area contributed by atoms with E-state index >= 15 is 0 Å². The smallest absolute Gasteiger partial charge is 0.326 e. The van der Waals surface area contributed by atoms with Crippen LogP contribution in [0.3, 0.4) is 0 Å². The minimum absolute atomic E-state index is 0. The van der Waals surface area contributed by atoms with Gasteiger partial charge in [-0.15, -0.1) is 6.07 Å². The van der Waals surface area contributed by atoms with Gasteiger partial charge in [-0.3, -0.25) is 5.57 Å². The summed E-state index contributed by atoms with van der Waals surface area (Å²) in [6.07, 6.45) is 9.11. The Labute approximate surface area is 136 Å². The van der Waals surface area contributed by atoms with E-state index in [9.17, 15) is 0 Å². The molecule has 0 unspecified atom stereocenters. The number of hydrogen-bond donors (Lipinski definition) is 2. The van der Waals surface area contributed by atoms with E-state index in [1.54, 1.807) is 0 Å². The maximum atomic E-state index is 6.25. The molecule has 1 aromatic carbocycles. The molecule has 1 aromatic rings. The van der Waals surface area contributed by atoms with Crippen molar-refractivity contribution in [3.05, 3.63) is 42.0 Å². The van der Waals surface area contributed by atoms with E-state index in [2.05, 4.69) is 36.5 Å². The standard InChI is InChI=1S/C17H22N2.W/c1-16(18)8-10-17(11-9-16)13-15(7-12-19-17)14-5-3-2-4-6-14;/h2-5,19H,7-12,18H2,1H3;/q-2;+2. The van der Waals surface area contributed by atoms with Gasteiger partial charge < -0.3 is 22.7 Å². The number of hydrogen-bond acceptors (Lipinski definition) is 2. The minimum atomic E-state index is 0. The van der Waals surface area contributed by atoms with Crippen molar-refractivity contribution in [2.75, 3.05) is 6.54 Å². The molecule has 20 heavy (non-hydrogen) atoms. The maximum absolute atomic E-state index is 6.25. The fourth-order valence-corrected chi connectivity index (χ4v) is 3.16. The van der Waals surface area contributed by atoms with Gasteiger partial charge in [-0.25, -0.2) is 12.1 Å². The topological polar surface area (TPSA) is 38.0 Å². The van der Waals surface area contributed by atoms with E-state index in [0.29, 0.717) is 0 Å². The summed E-state index contributed by atoms with van der Waals surface area (Å²) in [5, 5.41) is 3.67. The van der Waals surface area contributed by atoms with Gasteiger partial charge in [0.25, 0.3) is 0 Å². The molecule has 1 heterocycles. The molecule has 3 heteroatoms. The van der Waals surface area contributed by atoms with E-state index < -0.39 is 0 Å². The number of benzene rings is 1. The van der Waals surface area contributed by atoms with Gasteiger partial charge in [0.1, 0.15) is 0 Å². The van der Waals surface area contributed by atoms with Crippen molar-refractivity contribution in [3.63, 3.8) is 0 Å². The predicted octanol–water partition coefficient (Wildman–Crippen LogP) is 2.69. The van der Waals surface area contributed by atoms with Crippen LogP contribution in [0.25, 0.3) is 5.57 Å². The van der Waals surface area contributed by atoms with Crippen LogP contribution in [0.4, 0.5) is 0 Å². The van der Waals surface area contributed by atoms with Crippen molar-refractivity contribution in [1.29, 1.82) is 0 Å². The summed E-state index contributed by atoms with van der Waals surface area (Å²) < 4.78 is 0. The second-order valence-corrected chi connectivity index (χ2v) is 6.29. The van der Waals surface area contributed by atoms with Gasteiger partial charge in [0.2, 0.25) is 0 Å². The summed E-state index contributed by atoms with van der Waals surface area (Å²) in [5.41, 5.74) is 8.82. The largest absolute Gasteiger partial charge is 2.00 e. The first kappa shape index (κ1) is 15.9. The zero-order chi connectivity index (χ0) is 13.3. The van der Waals surface area contributed by atoms with Crippen molar-refractivity contribution in [2.45, 2.75) is 50.1 Å². The van der Waals surface area contributed by atoms with Crippen molar-refractivity contribution >= 4 is 5.57 Å². The average Bonchev–Trinajstić information content (AvgIpc) is 2.44. The van der Waals surface area contributed by atoms with Gasteiger partial charge in [0, 0.05) is 5.54 Å². The van der Waals surface area contributed by atoms with Gasteiger partial charge >= 0.3 is 21.1 Å². The van der Waals surface area contributed by atoms with E-state index in [1.807, 2.05) is 12.1 Å². The van der Waals surface area contributed by atoms with Crippen molar-refractivity contribution in [2.24, 2.45) is 5.73 Å². The Morgan fingerprint density at radius 1 is 1.20 bits per heavy atom. The van der Waals surface area contributed by atoms with Crippen LogP contribution in [-0.2, 0) is 21.1 Å². The molecule has 1 saturated carbocycles. The number of nitrogens with one attached hydrogen (secondary N) is 1. The van der Waals surface area contributed by atoms with Crippen LogP contribution in [0, 0.1) is 12.1 Å². The SMILES string of the molecule is CC1(N)CCC2([C-]=C(c3[c-]cccc3)CCN2)CC1.[W+2]. The normalized spacial score (nSPS) is 33.4. The van der Waals surface area contributed by atoms with Gasteiger partial charge in [-0.05, 0) is 44.7 Å². The molecule has 1 fully saturated rings. The molecule has 0 aromatic heterocycles. The molecule has 3 N–H and O–H groups in total. The Hall–Kier alpha value is -0.432. The molecule has 0 saturated heterocycles. The van der Waals surface area contributed by atoms with Crippen molar-refractivity contribution in [1.82, 2.24) is 5.32 Å². The van der Waals surface area contributed by atoms with Crippen LogP contribution in [-0.4, -0.2) is 17.6 Å². The molecule has 2 aliphatic rings. The third kappa shape index (κ3) is 3.42. The second-order valence-electron chi connectivity index (χ2n) is 6.29. The van der Waals surface area contributed by atoms with Gasteiger partial charge in [-0.2, -0.15) is 12.1 Å². The van der Waals surface area contributed by atoms with Crippen molar-refractivity contribution in [3.8, 4) is 0 Å². The summed E-state index contributed by atoms with van der Waals surface area (Å²) >= 11 is 0. The summed E-state index contributed by atoms with van der Waals surface area (Å²) in [5.74, 6) is 0. The molecule has 2 nitrogen and oxygen atoms in total. The first-order valence-corrected chi connectivity index (χ1v) is 7.24. The number of rotatable bonds is 1. The van der Waals surface area contributed by atoms with Crippen LogP contribution in [0.2, 0.25) is 0 Å². The minimum Gasteiger partial charge on any atom is -0.326 e. The van der Waals surface area contributed by atoms with Crippen LogP contribution >= 0.6 is 0 Å². The first-order chi connectivity index (χ1) is 9.09. The Morgan fingerprint density at radius 2 is 1.95 bits per heavy atom. The fourth-order valence-electron chi connectivity index (χ4n) is 3.16. The molecule has 0 bridgehead atoms. The average molecular weight is 438 g/mol.